The number of piperidine rings is 1. The van der Waals surface area contributed by atoms with Gasteiger partial charge in [0.2, 0.25) is 0 Å². The molecule has 0 spiro atoms. The summed E-state index contributed by atoms with van der Waals surface area (Å²) >= 11 is 0. The molecule has 3 saturated heterocycles. The van der Waals surface area contributed by atoms with Crippen LogP contribution >= 0.6 is 0 Å². The lowest BCUT2D eigenvalue weighted by Crippen LogP contribution is -2.44. The SMILES string of the molecule is C1CC2C(CN1)CON1CC21. The molecule has 4 unspecified atom stereocenters. The van der Waals surface area contributed by atoms with Gasteiger partial charge in [0, 0.05) is 19.0 Å². The molecule has 11 heavy (non-hydrogen) atoms. The zero-order valence-corrected chi connectivity index (χ0v) is 6.62. The summed E-state index contributed by atoms with van der Waals surface area (Å²) in [5.74, 6) is 1.73. The summed E-state index contributed by atoms with van der Waals surface area (Å²) in [6.07, 6.45) is 1.36. The largest absolute Gasteiger partial charge is 0.316 e. The van der Waals surface area contributed by atoms with E-state index in [0.29, 0.717) is 0 Å². The van der Waals surface area contributed by atoms with E-state index in [9.17, 15) is 0 Å². The Morgan fingerprint density at radius 3 is 3.45 bits per heavy atom. The molecule has 0 aromatic heterocycles. The summed E-state index contributed by atoms with van der Waals surface area (Å²) in [7, 11) is 0. The minimum atomic E-state index is 0.788. The summed E-state index contributed by atoms with van der Waals surface area (Å²) in [6.45, 7) is 4.54. The minimum Gasteiger partial charge on any atom is -0.316 e. The van der Waals surface area contributed by atoms with Crippen molar-refractivity contribution >= 4 is 0 Å². The second kappa shape index (κ2) is 2.19. The van der Waals surface area contributed by atoms with Gasteiger partial charge in [0.1, 0.15) is 0 Å². The fourth-order valence-corrected chi connectivity index (χ4v) is 2.46. The maximum Gasteiger partial charge on any atom is 0.0728 e. The lowest BCUT2D eigenvalue weighted by molar-refractivity contribution is -0.139. The van der Waals surface area contributed by atoms with E-state index in [-0.39, 0.29) is 0 Å². The highest BCUT2D eigenvalue weighted by molar-refractivity contribution is 4.97. The molecule has 0 radical (unpaired) electrons. The van der Waals surface area contributed by atoms with Gasteiger partial charge in [-0.3, -0.25) is 4.84 Å². The Bertz CT molecular complexity index is 173. The quantitative estimate of drug-likeness (QED) is 0.491. The van der Waals surface area contributed by atoms with E-state index in [4.69, 9.17) is 4.84 Å². The zero-order valence-electron chi connectivity index (χ0n) is 6.62. The van der Waals surface area contributed by atoms with Crippen molar-refractivity contribution in [3.05, 3.63) is 0 Å². The van der Waals surface area contributed by atoms with E-state index >= 15 is 0 Å². The van der Waals surface area contributed by atoms with Crippen molar-refractivity contribution in [2.45, 2.75) is 12.5 Å². The van der Waals surface area contributed by atoms with E-state index in [1.165, 1.54) is 26.1 Å². The third kappa shape index (κ3) is 0.916. The molecule has 3 heterocycles. The lowest BCUT2D eigenvalue weighted by atomic mass is 9.84. The van der Waals surface area contributed by atoms with E-state index in [0.717, 1.165) is 24.5 Å². The molecule has 0 aromatic carbocycles. The summed E-state index contributed by atoms with van der Waals surface area (Å²) in [5, 5.41) is 5.57. The van der Waals surface area contributed by atoms with Crippen molar-refractivity contribution in [2.75, 3.05) is 26.2 Å². The molecule has 0 saturated carbocycles. The molecule has 3 aliphatic heterocycles. The van der Waals surface area contributed by atoms with Crippen molar-refractivity contribution < 1.29 is 4.84 Å². The van der Waals surface area contributed by atoms with Crippen LogP contribution in [0.5, 0.6) is 0 Å². The fourth-order valence-electron chi connectivity index (χ4n) is 2.46. The number of fused-ring (bicyclic) bond motifs is 3. The van der Waals surface area contributed by atoms with Crippen LogP contribution in [-0.2, 0) is 4.84 Å². The van der Waals surface area contributed by atoms with E-state index < -0.39 is 0 Å². The smallest absolute Gasteiger partial charge is 0.0728 e. The summed E-state index contributed by atoms with van der Waals surface area (Å²) in [4.78, 5) is 5.51. The molecule has 0 amide bonds. The number of hydroxylamine groups is 2. The number of nitrogens with zero attached hydrogens (tertiary/aromatic N) is 1. The van der Waals surface area contributed by atoms with Gasteiger partial charge in [-0.05, 0) is 18.9 Å². The Hall–Kier alpha value is -0.120. The Morgan fingerprint density at radius 1 is 1.45 bits per heavy atom. The third-order valence-electron chi connectivity index (χ3n) is 3.22. The highest BCUT2D eigenvalue weighted by Gasteiger charge is 2.49. The maximum atomic E-state index is 5.51. The molecule has 3 fully saturated rings. The summed E-state index contributed by atoms with van der Waals surface area (Å²) in [5.41, 5.74) is 0. The standard InChI is InChI=1S/C8H14N2O/c1-2-9-3-6-5-11-10-4-8(10)7(1)6/h6-9H,1-5H2. The molecular weight excluding hydrogens is 140 g/mol. The molecule has 1 N–H and O–H groups in total. The first-order valence-electron chi connectivity index (χ1n) is 4.55. The second-order valence-corrected chi connectivity index (χ2v) is 3.88. The minimum absolute atomic E-state index is 0.788. The van der Waals surface area contributed by atoms with Gasteiger partial charge in [0.05, 0.1) is 12.6 Å². The van der Waals surface area contributed by atoms with Crippen molar-refractivity contribution in [2.24, 2.45) is 11.8 Å². The highest BCUT2D eigenvalue weighted by atomic mass is 16.7. The van der Waals surface area contributed by atoms with Gasteiger partial charge in [-0.15, -0.1) is 0 Å². The Labute approximate surface area is 66.7 Å². The van der Waals surface area contributed by atoms with Gasteiger partial charge in [0.25, 0.3) is 0 Å². The van der Waals surface area contributed by atoms with Crippen molar-refractivity contribution in [1.29, 1.82) is 0 Å². The average molecular weight is 154 g/mol. The molecule has 0 aromatic rings. The number of hydrogen-bond acceptors (Lipinski definition) is 3. The van der Waals surface area contributed by atoms with Gasteiger partial charge in [-0.25, -0.2) is 0 Å². The van der Waals surface area contributed by atoms with Crippen molar-refractivity contribution in [3.8, 4) is 0 Å². The summed E-state index contributed by atoms with van der Waals surface area (Å²) < 4.78 is 0. The van der Waals surface area contributed by atoms with Crippen molar-refractivity contribution in [1.82, 2.24) is 10.4 Å². The summed E-state index contributed by atoms with van der Waals surface area (Å²) in [6, 6.07) is 0.788. The van der Waals surface area contributed by atoms with Gasteiger partial charge < -0.3 is 5.32 Å². The molecule has 4 atom stereocenters. The zero-order chi connectivity index (χ0) is 7.26. The third-order valence-corrected chi connectivity index (χ3v) is 3.22. The predicted molar refractivity (Wildman–Crippen MR) is 40.9 cm³/mol. The normalized spacial score (nSPS) is 54.5. The number of hydrogen-bond donors (Lipinski definition) is 1. The van der Waals surface area contributed by atoms with E-state index in [1.54, 1.807) is 0 Å². The topological polar surface area (TPSA) is 24.3 Å². The van der Waals surface area contributed by atoms with Crippen LogP contribution < -0.4 is 5.32 Å². The molecule has 3 nitrogen and oxygen atoms in total. The Balaban J connectivity index is 1.76. The van der Waals surface area contributed by atoms with Gasteiger partial charge in [-0.2, -0.15) is 5.06 Å². The first kappa shape index (κ1) is 6.40. The van der Waals surface area contributed by atoms with Crippen LogP contribution in [0.3, 0.4) is 0 Å². The van der Waals surface area contributed by atoms with Crippen LogP contribution in [-0.4, -0.2) is 37.3 Å². The van der Waals surface area contributed by atoms with Crippen LogP contribution in [0, 0.1) is 11.8 Å². The first-order chi connectivity index (χ1) is 5.45. The first-order valence-corrected chi connectivity index (χ1v) is 4.55. The van der Waals surface area contributed by atoms with Crippen LogP contribution in [0.1, 0.15) is 6.42 Å². The molecule has 62 valence electrons. The van der Waals surface area contributed by atoms with Gasteiger partial charge in [-0.1, -0.05) is 0 Å². The van der Waals surface area contributed by atoms with Crippen molar-refractivity contribution in [3.63, 3.8) is 0 Å². The van der Waals surface area contributed by atoms with Crippen LogP contribution in [0.15, 0.2) is 0 Å². The molecule has 0 aliphatic carbocycles. The fraction of sp³-hybridized carbons (Fsp3) is 1.00. The van der Waals surface area contributed by atoms with Gasteiger partial charge >= 0.3 is 0 Å². The van der Waals surface area contributed by atoms with Crippen LogP contribution in [0.2, 0.25) is 0 Å². The molecule has 3 heteroatoms. The Morgan fingerprint density at radius 2 is 2.45 bits per heavy atom. The second-order valence-electron chi connectivity index (χ2n) is 3.88. The van der Waals surface area contributed by atoms with E-state index in [2.05, 4.69) is 10.4 Å². The van der Waals surface area contributed by atoms with E-state index in [1.807, 2.05) is 0 Å². The molecular formula is C8H14N2O. The molecule has 0 bridgehead atoms. The number of rotatable bonds is 0. The maximum absolute atomic E-state index is 5.51. The lowest BCUT2D eigenvalue weighted by Gasteiger charge is -2.35. The van der Waals surface area contributed by atoms with Crippen LogP contribution in [0.25, 0.3) is 0 Å². The van der Waals surface area contributed by atoms with Gasteiger partial charge in [0.15, 0.2) is 0 Å². The predicted octanol–water partition coefficient (Wildman–Crippen LogP) is -0.159. The van der Waals surface area contributed by atoms with Crippen LogP contribution in [0.4, 0.5) is 0 Å². The highest BCUT2D eigenvalue weighted by Crippen LogP contribution is 2.39. The average Bonchev–Trinajstić information content (AvgIpc) is 2.83. The Kier molecular flexibility index (Phi) is 1.27. The number of nitrogens with one attached hydrogen (secondary N) is 1. The molecule has 3 rings (SSSR count). The molecule has 3 aliphatic rings. The monoisotopic (exact) mass is 154 g/mol.